The number of fused-ring (bicyclic) bond motifs is 1. The quantitative estimate of drug-likeness (QED) is 0.434. The molecule has 22 heavy (non-hydrogen) atoms. The molecule has 0 aromatic heterocycles. The van der Waals surface area contributed by atoms with Gasteiger partial charge in [0, 0.05) is 29.7 Å². The summed E-state index contributed by atoms with van der Waals surface area (Å²) in [5, 5.41) is 38.8. The van der Waals surface area contributed by atoms with Gasteiger partial charge in [0.05, 0.1) is 6.10 Å². The Morgan fingerprint density at radius 1 is 1.09 bits per heavy atom. The van der Waals surface area contributed by atoms with E-state index in [1.54, 1.807) is 0 Å². The van der Waals surface area contributed by atoms with Gasteiger partial charge in [0.15, 0.2) is 11.9 Å². The van der Waals surface area contributed by atoms with Gasteiger partial charge in [-0.3, -0.25) is 9.59 Å². The van der Waals surface area contributed by atoms with Gasteiger partial charge in [0.25, 0.3) is 5.78 Å². The number of phenolic OH excluding ortho intramolecular Hbond substituents is 2. The number of aliphatic hydroxyl groups excluding tert-OH is 2. The van der Waals surface area contributed by atoms with Crippen molar-refractivity contribution in [2.75, 3.05) is 0 Å². The van der Waals surface area contributed by atoms with Crippen LogP contribution in [0.4, 0.5) is 0 Å². The van der Waals surface area contributed by atoms with E-state index in [2.05, 4.69) is 0 Å². The number of aliphatic hydroxyl groups is 2. The highest BCUT2D eigenvalue weighted by Gasteiger charge is 2.35. The molecule has 1 aliphatic heterocycles. The summed E-state index contributed by atoms with van der Waals surface area (Å²) in [5.74, 6) is -2.92. The van der Waals surface area contributed by atoms with Gasteiger partial charge in [0.2, 0.25) is 5.78 Å². The molecule has 1 aromatic rings. The standard InChI is InChI=1S/C15H12O7/c16-7-3-9(17)8-5-12(20)15(22-13(8)4-7)6-1-10(18)14(21)11(19)2-6/h1-4,12,15-18,20H,5H2/t12-,15-/m1/s1. The minimum Gasteiger partial charge on any atom is -0.508 e. The van der Waals surface area contributed by atoms with Gasteiger partial charge in [-0.15, -0.1) is 0 Å². The maximum Gasteiger partial charge on any atom is 0.267 e. The van der Waals surface area contributed by atoms with Crippen molar-refractivity contribution >= 4 is 11.6 Å². The van der Waals surface area contributed by atoms with Crippen molar-refractivity contribution in [3.63, 3.8) is 0 Å². The highest BCUT2D eigenvalue weighted by atomic mass is 16.5. The molecule has 0 fully saturated rings. The average Bonchev–Trinajstić information content (AvgIpc) is 2.44. The maximum atomic E-state index is 11.5. The van der Waals surface area contributed by atoms with E-state index in [0.29, 0.717) is 5.56 Å². The first-order valence-electron chi connectivity index (χ1n) is 6.47. The number of aromatic hydroxyl groups is 2. The molecule has 114 valence electrons. The third-order valence-corrected chi connectivity index (χ3v) is 3.57. The molecule has 0 radical (unpaired) electrons. The van der Waals surface area contributed by atoms with E-state index in [0.717, 1.165) is 18.2 Å². The fraction of sp³-hybridized carbons (Fsp3) is 0.200. The molecule has 2 atom stereocenters. The lowest BCUT2D eigenvalue weighted by atomic mass is 9.90. The van der Waals surface area contributed by atoms with Crippen molar-refractivity contribution in [2.45, 2.75) is 18.6 Å². The van der Waals surface area contributed by atoms with Crippen molar-refractivity contribution in [3.8, 4) is 17.2 Å². The molecule has 1 heterocycles. The number of hydrogen-bond acceptors (Lipinski definition) is 7. The Kier molecular flexibility index (Phi) is 3.14. The van der Waals surface area contributed by atoms with Gasteiger partial charge >= 0.3 is 0 Å². The lowest BCUT2D eigenvalue weighted by Crippen LogP contribution is -2.40. The van der Waals surface area contributed by atoms with E-state index in [1.165, 1.54) is 6.07 Å². The smallest absolute Gasteiger partial charge is 0.267 e. The van der Waals surface area contributed by atoms with Gasteiger partial charge in [-0.1, -0.05) is 0 Å². The molecule has 1 aromatic carbocycles. The average molecular weight is 304 g/mol. The largest absolute Gasteiger partial charge is 0.508 e. The molecule has 0 unspecified atom stereocenters. The summed E-state index contributed by atoms with van der Waals surface area (Å²) in [5.41, 5.74) is 0.469. The highest BCUT2D eigenvalue weighted by molar-refractivity contribution is 6.47. The topological polar surface area (TPSA) is 124 Å². The normalized spacial score (nSPS) is 24.2. The van der Waals surface area contributed by atoms with E-state index in [1.807, 2.05) is 0 Å². The molecular weight excluding hydrogens is 292 g/mol. The maximum absolute atomic E-state index is 11.5. The first-order chi connectivity index (χ1) is 10.4. The summed E-state index contributed by atoms with van der Waals surface area (Å²) in [6.07, 6.45) is -0.0261. The van der Waals surface area contributed by atoms with Crippen molar-refractivity contribution in [1.82, 2.24) is 0 Å². The zero-order valence-corrected chi connectivity index (χ0v) is 11.2. The predicted molar refractivity (Wildman–Crippen MR) is 72.7 cm³/mol. The number of ketones is 2. The highest BCUT2D eigenvalue weighted by Crippen LogP contribution is 2.39. The number of carbonyl (C=O) groups excluding carboxylic acids is 2. The number of phenols is 2. The number of allylic oxidation sites excluding steroid dienone is 2. The number of benzene rings is 1. The van der Waals surface area contributed by atoms with Crippen molar-refractivity contribution in [1.29, 1.82) is 0 Å². The number of rotatable bonds is 1. The van der Waals surface area contributed by atoms with E-state index in [4.69, 9.17) is 4.74 Å². The predicted octanol–water partition coefficient (Wildman–Crippen LogP) is 0.282. The van der Waals surface area contributed by atoms with Gasteiger partial charge in [-0.05, 0) is 12.2 Å². The van der Waals surface area contributed by atoms with Crippen LogP contribution in [0.2, 0.25) is 0 Å². The molecule has 0 amide bonds. The summed E-state index contributed by atoms with van der Waals surface area (Å²) < 4.78 is 5.52. The lowest BCUT2D eigenvalue weighted by Gasteiger charge is -2.32. The summed E-state index contributed by atoms with van der Waals surface area (Å²) in [4.78, 5) is 22.7. The first kappa shape index (κ1) is 14.2. The molecule has 4 N–H and O–H groups in total. The van der Waals surface area contributed by atoms with E-state index < -0.39 is 29.5 Å². The molecule has 7 nitrogen and oxygen atoms in total. The van der Waals surface area contributed by atoms with Gasteiger partial charge in [-0.2, -0.15) is 0 Å². The van der Waals surface area contributed by atoms with Crippen molar-refractivity contribution in [3.05, 3.63) is 41.2 Å². The van der Waals surface area contributed by atoms with Crippen LogP contribution in [0.15, 0.2) is 35.6 Å². The minimum atomic E-state index is -1.10. The number of hydrogen-bond donors (Lipinski definition) is 4. The van der Waals surface area contributed by atoms with E-state index in [-0.39, 0.29) is 29.2 Å². The Morgan fingerprint density at radius 3 is 2.50 bits per heavy atom. The van der Waals surface area contributed by atoms with Crippen LogP contribution in [0.3, 0.4) is 0 Å². The fourth-order valence-corrected chi connectivity index (χ4v) is 2.52. The van der Waals surface area contributed by atoms with Crippen LogP contribution in [-0.2, 0) is 16.0 Å². The van der Waals surface area contributed by atoms with Crippen LogP contribution in [0.1, 0.15) is 5.56 Å². The second kappa shape index (κ2) is 4.88. The molecule has 7 heteroatoms. The Morgan fingerprint density at radius 2 is 1.82 bits per heavy atom. The third kappa shape index (κ3) is 2.21. The summed E-state index contributed by atoms with van der Waals surface area (Å²) >= 11 is 0. The summed E-state index contributed by atoms with van der Waals surface area (Å²) in [6.45, 7) is 0. The summed E-state index contributed by atoms with van der Waals surface area (Å²) in [7, 11) is 0. The summed E-state index contributed by atoms with van der Waals surface area (Å²) in [6, 6.07) is 2.40. The van der Waals surface area contributed by atoms with Crippen LogP contribution in [0.5, 0.6) is 17.2 Å². The Hall–Kier alpha value is -2.80. The van der Waals surface area contributed by atoms with Crippen LogP contribution in [-0.4, -0.2) is 44.2 Å². The molecule has 1 aliphatic carbocycles. The Bertz CT molecular complexity index is 745. The molecule has 0 saturated carbocycles. The molecule has 0 saturated heterocycles. The second-order valence-electron chi connectivity index (χ2n) is 5.12. The van der Waals surface area contributed by atoms with Crippen LogP contribution in [0.25, 0.3) is 0 Å². The zero-order chi connectivity index (χ0) is 16.0. The molecule has 0 bridgehead atoms. The van der Waals surface area contributed by atoms with Gasteiger partial charge < -0.3 is 25.2 Å². The fourth-order valence-electron chi connectivity index (χ4n) is 2.52. The Labute approximate surface area is 124 Å². The minimum absolute atomic E-state index is 0.0280. The van der Waals surface area contributed by atoms with E-state index >= 15 is 0 Å². The monoisotopic (exact) mass is 304 g/mol. The second-order valence-corrected chi connectivity index (χ2v) is 5.12. The van der Waals surface area contributed by atoms with Gasteiger partial charge in [-0.25, -0.2) is 0 Å². The number of ether oxygens (including phenoxy) is 1. The molecule has 3 rings (SSSR count). The van der Waals surface area contributed by atoms with Crippen LogP contribution < -0.4 is 4.74 Å². The molecular formula is C15H12O7. The van der Waals surface area contributed by atoms with E-state index in [9.17, 15) is 30.0 Å². The lowest BCUT2D eigenvalue weighted by molar-refractivity contribution is -0.133. The number of Topliss-reactive ketones (excluding diaryl/α,β-unsaturated/α-hetero) is 1. The van der Waals surface area contributed by atoms with Gasteiger partial charge in [0.1, 0.15) is 17.2 Å². The SMILES string of the molecule is O=C1C=C([C@H]2Oc3cc(O)cc(O)c3C[C@H]2O)C=C(O)C1=O. The Balaban J connectivity index is 1.99. The first-order valence-corrected chi connectivity index (χ1v) is 6.47. The molecule has 0 spiro atoms. The number of carbonyl (C=O) groups is 2. The van der Waals surface area contributed by atoms with Crippen LogP contribution >= 0.6 is 0 Å². The third-order valence-electron chi connectivity index (χ3n) is 3.57. The van der Waals surface area contributed by atoms with Crippen molar-refractivity contribution in [2.24, 2.45) is 0 Å². The van der Waals surface area contributed by atoms with Crippen molar-refractivity contribution < 1.29 is 34.8 Å². The zero-order valence-electron chi connectivity index (χ0n) is 11.2. The molecule has 2 aliphatic rings. The van der Waals surface area contributed by atoms with Crippen LogP contribution in [0, 0.1) is 0 Å².